The molecule has 14 heavy (non-hydrogen) atoms. The summed E-state index contributed by atoms with van der Waals surface area (Å²) in [5.74, 6) is 0. The summed E-state index contributed by atoms with van der Waals surface area (Å²) >= 11 is 0. The Balaban J connectivity index is 2.66. The number of anilines is 1. The first kappa shape index (κ1) is 10.5. The van der Waals surface area contributed by atoms with E-state index in [0.29, 0.717) is 0 Å². The first-order valence-corrected chi connectivity index (χ1v) is 4.45. The van der Waals surface area contributed by atoms with E-state index in [1.54, 1.807) is 31.6 Å². The van der Waals surface area contributed by atoms with Crippen molar-refractivity contribution in [1.29, 1.82) is 0 Å². The van der Waals surface area contributed by atoms with Crippen LogP contribution in [0.25, 0.3) is 0 Å². The predicted molar refractivity (Wildman–Crippen MR) is 54.3 cm³/mol. The van der Waals surface area contributed by atoms with E-state index in [9.17, 15) is 4.79 Å². The lowest BCUT2D eigenvalue weighted by atomic mass is 10.4. The average Bonchev–Trinajstić information content (AvgIpc) is 2.17. The van der Waals surface area contributed by atoms with Crippen LogP contribution in [0.15, 0.2) is 24.5 Å². The zero-order valence-corrected chi connectivity index (χ0v) is 8.60. The molecule has 4 nitrogen and oxygen atoms in total. The van der Waals surface area contributed by atoms with Crippen molar-refractivity contribution in [2.75, 3.05) is 11.9 Å². The Kier molecular flexibility index (Phi) is 3.45. The van der Waals surface area contributed by atoms with Crippen LogP contribution in [0, 0.1) is 0 Å². The van der Waals surface area contributed by atoms with Crippen molar-refractivity contribution < 1.29 is 9.53 Å². The van der Waals surface area contributed by atoms with Crippen LogP contribution in [0.3, 0.4) is 0 Å². The molecule has 0 aliphatic rings. The minimum absolute atomic E-state index is 0.105. The van der Waals surface area contributed by atoms with Crippen LogP contribution in [0.2, 0.25) is 0 Å². The van der Waals surface area contributed by atoms with Crippen molar-refractivity contribution in [1.82, 2.24) is 4.98 Å². The molecule has 76 valence electrons. The summed E-state index contributed by atoms with van der Waals surface area (Å²) in [7, 11) is 1.67. The van der Waals surface area contributed by atoms with Gasteiger partial charge < -0.3 is 4.74 Å². The van der Waals surface area contributed by atoms with Crippen LogP contribution >= 0.6 is 0 Å². The quantitative estimate of drug-likeness (QED) is 0.723. The Morgan fingerprint density at radius 3 is 2.50 bits per heavy atom. The zero-order chi connectivity index (χ0) is 10.6. The highest BCUT2D eigenvalue weighted by Crippen LogP contribution is 2.11. The number of hydrogen-bond acceptors (Lipinski definition) is 3. The normalized spacial score (nSPS) is 10.0. The van der Waals surface area contributed by atoms with Crippen LogP contribution in [0.4, 0.5) is 10.5 Å². The van der Waals surface area contributed by atoms with E-state index in [2.05, 4.69) is 4.98 Å². The molecule has 0 aliphatic heterocycles. The molecular weight excluding hydrogens is 180 g/mol. The van der Waals surface area contributed by atoms with Crippen molar-refractivity contribution in [3.63, 3.8) is 0 Å². The second kappa shape index (κ2) is 4.60. The lowest BCUT2D eigenvalue weighted by Crippen LogP contribution is -2.29. The molecule has 0 aliphatic carbocycles. The number of pyridine rings is 1. The Labute approximate surface area is 83.5 Å². The Morgan fingerprint density at radius 2 is 2.00 bits per heavy atom. The van der Waals surface area contributed by atoms with E-state index in [4.69, 9.17) is 4.74 Å². The smallest absolute Gasteiger partial charge is 0.414 e. The number of ether oxygens (including phenoxy) is 1. The van der Waals surface area contributed by atoms with E-state index in [0.717, 1.165) is 5.69 Å². The highest BCUT2D eigenvalue weighted by molar-refractivity contribution is 5.86. The van der Waals surface area contributed by atoms with Gasteiger partial charge in [0.15, 0.2) is 0 Å². The molecule has 4 heteroatoms. The Bertz CT molecular complexity index is 298. The zero-order valence-electron chi connectivity index (χ0n) is 8.60. The van der Waals surface area contributed by atoms with Crippen molar-refractivity contribution in [3.8, 4) is 0 Å². The molecule has 0 spiro atoms. The third-order valence-electron chi connectivity index (χ3n) is 1.66. The number of amides is 1. The van der Waals surface area contributed by atoms with Gasteiger partial charge in [-0.25, -0.2) is 4.79 Å². The molecule has 1 heterocycles. The number of hydrogen-bond donors (Lipinski definition) is 0. The van der Waals surface area contributed by atoms with Gasteiger partial charge in [0, 0.05) is 25.1 Å². The van der Waals surface area contributed by atoms with E-state index in [1.165, 1.54) is 4.90 Å². The third kappa shape index (κ3) is 2.73. The summed E-state index contributed by atoms with van der Waals surface area (Å²) in [6.07, 6.45) is 2.81. The molecule has 1 amide bonds. The van der Waals surface area contributed by atoms with Crippen molar-refractivity contribution in [2.24, 2.45) is 0 Å². The van der Waals surface area contributed by atoms with Gasteiger partial charge in [-0.1, -0.05) is 0 Å². The summed E-state index contributed by atoms with van der Waals surface area (Å²) in [6.45, 7) is 3.64. The Morgan fingerprint density at radius 1 is 1.43 bits per heavy atom. The fourth-order valence-electron chi connectivity index (χ4n) is 0.954. The van der Waals surface area contributed by atoms with Gasteiger partial charge in [-0.2, -0.15) is 0 Å². The second-order valence-corrected chi connectivity index (χ2v) is 3.20. The van der Waals surface area contributed by atoms with Crippen LogP contribution in [-0.2, 0) is 4.74 Å². The predicted octanol–water partition coefficient (Wildman–Crippen LogP) is 2.06. The summed E-state index contributed by atoms with van der Waals surface area (Å²) in [5, 5.41) is 0. The van der Waals surface area contributed by atoms with Crippen molar-refractivity contribution in [2.45, 2.75) is 20.0 Å². The van der Waals surface area contributed by atoms with Gasteiger partial charge in [-0.3, -0.25) is 9.88 Å². The minimum Gasteiger partial charge on any atom is -0.446 e. The maximum Gasteiger partial charge on any atom is 0.414 e. The molecule has 0 saturated carbocycles. The van der Waals surface area contributed by atoms with Crippen LogP contribution in [0.5, 0.6) is 0 Å². The summed E-state index contributed by atoms with van der Waals surface area (Å²) in [4.78, 5) is 16.8. The molecule has 0 unspecified atom stereocenters. The molecule has 0 fully saturated rings. The first-order chi connectivity index (χ1) is 6.61. The van der Waals surface area contributed by atoms with Gasteiger partial charge in [0.05, 0.1) is 6.10 Å². The van der Waals surface area contributed by atoms with Crippen LogP contribution in [0.1, 0.15) is 13.8 Å². The third-order valence-corrected chi connectivity index (χ3v) is 1.66. The number of carbonyl (C=O) groups is 1. The van der Waals surface area contributed by atoms with Gasteiger partial charge in [-0.15, -0.1) is 0 Å². The summed E-state index contributed by atoms with van der Waals surface area (Å²) in [6, 6.07) is 3.50. The van der Waals surface area contributed by atoms with Gasteiger partial charge in [0.25, 0.3) is 0 Å². The molecule has 0 radical (unpaired) electrons. The first-order valence-electron chi connectivity index (χ1n) is 4.45. The SMILES string of the molecule is CC(C)OC(=O)N(C)c1ccncc1. The van der Waals surface area contributed by atoms with Crippen LogP contribution in [-0.4, -0.2) is 24.2 Å². The number of rotatable bonds is 2. The maximum atomic E-state index is 11.4. The van der Waals surface area contributed by atoms with E-state index in [-0.39, 0.29) is 12.2 Å². The Hall–Kier alpha value is -1.58. The maximum absolute atomic E-state index is 11.4. The fourth-order valence-corrected chi connectivity index (χ4v) is 0.954. The molecule has 0 N–H and O–H groups in total. The molecule has 1 rings (SSSR count). The number of aromatic nitrogens is 1. The largest absolute Gasteiger partial charge is 0.446 e. The van der Waals surface area contributed by atoms with E-state index in [1.807, 2.05) is 13.8 Å². The number of nitrogens with zero attached hydrogens (tertiary/aromatic N) is 2. The highest BCUT2D eigenvalue weighted by Gasteiger charge is 2.12. The summed E-state index contributed by atoms with van der Waals surface area (Å²) in [5.41, 5.74) is 0.769. The lowest BCUT2D eigenvalue weighted by Gasteiger charge is -2.18. The topological polar surface area (TPSA) is 42.4 Å². The van der Waals surface area contributed by atoms with Gasteiger partial charge in [0.1, 0.15) is 0 Å². The van der Waals surface area contributed by atoms with Crippen molar-refractivity contribution in [3.05, 3.63) is 24.5 Å². The van der Waals surface area contributed by atoms with E-state index >= 15 is 0 Å². The monoisotopic (exact) mass is 194 g/mol. The standard InChI is InChI=1S/C10H14N2O2/c1-8(2)14-10(13)12(3)9-4-6-11-7-5-9/h4-8H,1-3H3. The fraction of sp³-hybridized carbons (Fsp3) is 0.400. The number of carbonyl (C=O) groups excluding carboxylic acids is 1. The molecule has 0 bridgehead atoms. The molecule has 0 saturated heterocycles. The van der Waals surface area contributed by atoms with Crippen LogP contribution < -0.4 is 4.90 Å². The van der Waals surface area contributed by atoms with E-state index < -0.39 is 0 Å². The molecule has 0 aromatic carbocycles. The second-order valence-electron chi connectivity index (χ2n) is 3.20. The minimum atomic E-state index is -0.355. The molecule has 1 aromatic rings. The molecule has 0 atom stereocenters. The van der Waals surface area contributed by atoms with Gasteiger partial charge in [-0.05, 0) is 26.0 Å². The van der Waals surface area contributed by atoms with Gasteiger partial charge >= 0.3 is 6.09 Å². The lowest BCUT2D eigenvalue weighted by molar-refractivity contribution is 0.124. The molecular formula is C10H14N2O2. The highest BCUT2D eigenvalue weighted by atomic mass is 16.6. The average molecular weight is 194 g/mol. The summed E-state index contributed by atoms with van der Waals surface area (Å²) < 4.78 is 5.03. The molecule has 1 aromatic heterocycles. The van der Waals surface area contributed by atoms with Crippen molar-refractivity contribution >= 4 is 11.8 Å². The van der Waals surface area contributed by atoms with Gasteiger partial charge in [0.2, 0.25) is 0 Å².